The number of hydrogen-bond acceptors (Lipinski definition) is 7. The Labute approximate surface area is 168 Å². The van der Waals surface area contributed by atoms with E-state index in [4.69, 9.17) is 4.74 Å². The van der Waals surface area contributed by atoms with Crippen molar-refractivity contribution in [3.63, 3.8) is 0 Å². The molecule has 28 heavy (non-hydrogen) atoms. The van der Waals surface area contributed by atoms with Gasteiger partial charge in [-0.1, -0.05) is 6.92 Å². The van der Waals surface area contributed by atoms with E-state index in [1.54, 1.807) is 13.8 Å². The van der Waals surface area contributed by atoms with Crippen LogP contribution in [0.2, 0.25) is 0 Å². The Kier molecular flexibility index (Phi) is 6.04. The van der Waals surface area contributed by atoms with Crippen molar-refractivity contribution in [2.45, 2.75) is 38.5 Å². The SMILES string of the molecule is CC[C@@H](O)[C@H]1COC(=O)N1c1nc(N[C@@H](C)c2ncc(Br)cc2F)ncc1F. The molecular formula is C17H18BrF2N5O3. The Bertz CT molecular complexity index is 888. The number of cyclic esters (lactones) is 1. The molecule has 1 aliphatic rings. The van der Waals surface area contributed by atoms with Gasteiger partial charge in [-0.3, -0.25) is 4.98 Å². The van der Waals surface area contributed by atoms with E-state index in [1.807, 2.05) is 0 Å². The number of carbonyl (C=O) groups excluding carboxylic acids is 1. The number of anilines is 2. The molecule has 0 bridgehead atoms. The van der Waals surface area contributed by atoms with Gasteiger partial charge in [0.25, 0.3) is 0 Å². The van der Waals surface area contributed by atoms with Gasteiger partial charge in [-0.2, -0.15) is 4.98 Å². The first-order valence-electron chi connectivity index (χ1n) is 8.55. The van der Waals surface area contributed by atoms with Crippen molar-refractivity contribution < 1.29 is 23.4 Å². The van der Waals surface area contributed by atoms with Gasteiger partial charge >= 0.3 is 6.09 Å². The highest BCUT2D eigenvalue weighted by Crippen LogP contribution is 2.28. The highest BCUT2D eigenvalue weighted by atomic mass is 79.9. The first-order chi connectivity index (χ1) is 13.3. The van der Waals surface area contributed by atoms with E-state index >= 15 is 0 Å². The second kappa shape index (κ2) is 8.31. The van der Waals surface area contributed by atoms with E-state index in [1.165, 1.54) is 12.3 Å². The molecule has 2 N–H and O–H groups in total. The Balaban J connectivity index is 1.88. The molecule has 0 saturated carbocycles. The van der Waals surface area contributed by atoms with Crippen LogP contribution >= 0.6 is 15.9 Å². The zero-order valence-corrected chi connectivity index (χ0v) is 16.7. The van der Waals surface area contributed by atoms with Gasteiger partial charge in [-0.05, 0) is 35.3 Å². The number of rotatable bonds is 6. The van der Waals surface area contributed by atoms with Gasteiger partial charge < -0.3 is 15.2 Å². The third-order valence-corrected chi connectivity index (χ3v) is 4.75. The molecular weight excluding hydrogens is 440 g/mol. The van der Waals surface area contributed by atoms with Gasteiger partial charge in [-0.15, -0.1) is 0 Å². The molecule has 1 fully saturated rings. The number of aromatic nitrogens is 3. The zero-order chi connectivity index (χ0) is 20.4. The van der Waals surface area contributed by atoms with E-state index in [2.05, 4.69) is 36.2 Å². The average Bonchev–Trinajstić information content (AvgIpc) is 3.03. The number of aliphatic hydroxyl groups excluding tert-OH is 1. The summed E-state index contributed by atoms with van der Waals surface area (Å²) in [6.45, 7) is 3.29. The smallest absolute Gasteiger partial charge is 0.416 e. The Morgan fingerprint density at radius 2 is 2.14 bits per heavy atom. The number of ether oxygens (including phenoxy) is 1. The highest BCUT2D eigenvalue weighted by Gasteiger charge is 2.40. The quantitative estimate of drug-likeness (QED) is 0.686. The van der Waals surface area contributed by atoms with Gasteiger partial charge in [0.05, 0.1) is 24.0 Å². The van der Waals surface area contributed by atoms with Crippen LogP contribution in [0.1, 0.15) is 32.0 Å². The predicted octanol–water partition coefficient (Wildman–Crippen LogP) is 3.18. The second-order valence-corrected chi connectivity index (χ2v) is 7.16. The number of amides is 1. The van der Waals surface area contributed by atoms with Crippen LogP contribution in [-0.2, 0) is 4.74 Å². The third kappa shape index (κ3) is 4.04. The number of pyridine rings is 1. The van der Waals surface area contributed by atoms with Gasteiger partial charge in [0.2, 0.25) is 5.95 Å². The summed E-state index contributed by atoms with van der Waals surface area (Å²) in [6, 6.07) is -0.124. The molecule has 0 radical (unpaired) electrons. The molecule has 0 aromatic carbocycles. The van der Waals surface area contributed by atoms with Gasteiger partial charge in [0, 0.05) is 10.7 Å². The van der Waals surface area contributed by atoms with Crippen molar-refractivity contribution >= 4 is 33.8 Å². The Hall–Kier alpha value is -2.40. The molecule has 0 spiro atoms. The van der Waals surface area contributed by atoms with E-state index in [0.717, 1.165) is 11.1 Å². The number of aliphatic hydroxyl groups is 1. The molecule has 11 heteroatoms. The summed E-state index contributed by atoms with van der Waals surface area (Å²) in [6.07, 6.45) is 0.974. The topological polar surface area (TPSA) is 100 Å². The van der Waals surface area contributed by atoms with Crippen LogP contribution in [0, 0.1) is 11.6 Å². The van der Waals surface area contributed by atoms with Gasteiger partial charge in [-0.25, -0.2) is 23.5 Å². The van der Waals surface area contributed by atoms with Crippen molar-refractivity contribution in [1.29, 1.82) is 0 Å². The number of nitrogens with one attached hydrogen (secondary N) is 1. The number of nitrogens with zero attached hydrogens (tertiary/aromatic N) is 4. The van der Waals surface area contributed by atoms with Crippen LogP contribution in [0.4, 0.5) is 25.3 Å². The lowest BCUT2D eigenvalue weighted by Gasteiger charge is -2.24. The molecule has 1 aliphatic heterocycles. The van der Waals surface area contributed by atoms with Crippen LogP contribution in [0.15, 0.2) is 22.9 Å². The van der Waals surface area contributed by atoms with Crippen molar-refractivity contribution in [3.05, 3.63) is 40.3 Å². The molecule has 0 aliphatic carbocycles. The van der Waals surface area contributed by atoms with E-state index in [0.29, 0.717) is 10.9 Å². The minimum absolute atomic E-state index is 0.0301. The summed E-state index contributed by atoms with van der Waals surface area (Å²) in [5.74, 6) is -1.74. The van der Waals surface area contributed by atoms with Crippen molar-refractivity contribution in [2.75, 3.05) is 16.8 Å². The van der Waals surface area contributed by atoms with Crippen LogP contribution in [0.3, 0.4) is 0 Å². The highest BCUT2D eigenvalue weighted by molar-refractivity contribution is 9.10. The lowest BCUT2D eigenvalue weighted by Crippen LogP contribution is -2.43. The number of carbonyl (C=O) groups is 1. The molecule has 3 heterocycles. The monoisotopic (exact) mass is 457 g/mol. The van der Waals surface area contributed by atoms with Crippen LogP contribution in [-0.4, -0.2) is 44.9 Å². The summed E-state index contributed by atoms with van der Waals surface area (Å²) in [5, 5.41) is 12.9. The maximum absolute atomic E-state index is 14.3. The lowest BCUT2D eigenvalue weighted by molar-refractivity contribution is 0.125. The molecule has 1 saturated heterocycles. The largest absolute Gasteiger partial charge is 0.447 e. The standard InChI is InChI=1S/C17H18BrF2N5O3/c1-3-13(26)12-7-28-17(27)25(12)15-11(20)6-22-16(24-15)23-8(2)14-10(19)4-9(18)5-21-14/h4-6,8,12-13,26H,3,7H2,1-2H3,(H,22,23,24)/t8-,12+,13+/m0/s1. The maximum atomic E-state index is 14.3. The number of hydrogen-bond donors (Lipinski definition) is 2. The van der Waals surface area contributed by atoms with Crippen molar-refractivity contribution in [1.82, 2.24) is 15.0 Å². The normalized spacial score (nSPS) is 18.7. The first kappa shape index (κ1) is 20.3. The fraction of sp³-hybridized carbons (Fsp3) is 0.412. The Morgan fingerprint density at radius 1 is 1.39 bits per heavy atom. The predicted molar refractivity (Wildman–Crippen MR) is 99.8 cm³/mol. The van der Waals surface area contributed by atoms with Gasteiger partial charge in [0.1, 0.15) is 18.5 Å². The minimum Gasteiger partial charge on any atom is -0.447 e. The lowest BCUT2D eigenvalue weighted by atomic mass is 10.1. The molecule has 2 aromatic rings. The Morgan fingerprint density at radius 3 is 2.82 bits per heavy atom. The molecule has 1 amide bonds. The summed E-state index contributed by atoms with van der Waals surface area (Å²) in [4.78, 5) is 24.9. The minimum atomic E-state index is -0.905. The van der Waals surface area contributed by atoms with E-state index < -0.39 is 35.9 Å². The van der Waals surface area contributed by atoms with Crippen LogP contribution < -0.4 is 10.2 Å². The van der Waals surface area contributed by atoms with E-state index in [-0.39, 0.29) is 24.1 Å². The van der Waals surface area contributed by atoms with Crippen molar-refractivity contribution in [2.24, 2.45) is 0 Å². The summed E-state index contributed by atoms with van der Waals surface area (Å²) < 4.78 is 33.9. The summed E-state index contributed by atoms with van der Waals surface area (Å²) >= 11 is 3.14. The average molecular weight is 458 g/mol. The first-order valence-corrected chi connectivity index (χ1v) is 9.35. The third-order valence-electron chi connectivity index (χ3n) is 4.31. The molecule has 3 atom stereocenters. The molecule has 0 unspecified atom stereocenters. The maximum Gasteiger partial charge on any atom is 0.416 e. The summed E-state index contributed by atoms with van der Waals surface area (Å²) in [5.41, 5.74) is 0.123. The van der Waals surface area contributed by atoms with Crippen LogP contribution in [0.25, 0.3) is 0 Å². The molecule has 150 valence electrons. The summed E-state index contributed by atoms with van der Waals surface area (Å²) in [7, 11) is 0. The zero-order valence-electron chi connectivity index (χ0n) is 15.1. The molecule has 3 rings (SSSR count). The molecule has 8 nitrogen and oxygen atoms in total. The van der Waals surface area contributed by atoms with Crippen LogP contribution in [0.5, 0.6) is 0 Å². The van der Waals surface area contributed by atoms with Crippen molar-refractivity contribution in [3.8, 4) is 0 Å². The van der Waals surface area contributed by atoms with E-state index in [9.17, 15) is 18.7 Å². The fourth-order valence-corrected chi connectivity index (χ4v) is 3.14. The second-order valence-electron chi connectivity index (χ2n) is 6.24. The molecule has 2 aromatic heterocycles. The number of halogens is 3. The van der Waals surface area contributed by atoms with Gasteiger partial charge in [0.15, 0.2) is 11.6 Å². The fourth-order valence-electron chi connectivity index (χ4n) is 2.84.